The van der Waals surface area contributed by atoms with Gasteiger partial charge >= 0.3 is 0 Å². The Morgan fingerprint density at radius 1 is 0.917 bits per heavy atom. The Hall–Kier alpha value is -1.39. The highest BCUT2D eigenvalue weighted by atomic mass is 35.5. The zero-order valence-corrected chi connectivity index (χ0v) is 15.0. The summed E-state index contributed by atoms with van der Waals surface area (Å²) in [6, 6.07) is 18.6. The van der Waals surface area contributed by atoms with E-state index >= 15 is 0 Å². The topological polar surface area (TPSA) is 15.7 Å². The van der Waals surface area contributed by atoms with E-state index in [0.717, 1.165) is 44.3 Å². The summed E-state index contributed by atoms with van der Waals surface area (Å²) >= 11 is 6.27. The fraction of sp³-hybridized carbons (Fsp3) is 0.400. The lowest BCUT2D eigenvalue weighted by molar-refractivity contribution is 0.0406. The van der Waals surface area contributed by atoms with Crippen LogP contribution in [0.1, 0.15) is 17.2 Å². The zero-order valence-electron chi connectivity index (χ0n) is 14.2. The number of methoxy groups -OCH3 is 1. The van der Waals surface area contributed by atoms with Gasteiger partial charge in [-0.15, -0.1) is 0 Å². The predicted octanol–water partition coefficient (Wildman–Crippen LogP) is 3.85. The summed E-state index contributed by atoms with van der Waals surface area (Å²) in [5.41, 5.74) is 2.46. The molecule has 4 heteroatoms. The van der Waals surface area contributed by atoms with E-state index in [-0.39, 0.29) is 6.10 Å². The minimum atomic E-state index is 0.140. The van der Waals surface area contributed by atoms with Crippen molar-refractivity contribution in [3.63, 3.8) is 0 Å². The molecule has 1 saturated heterocycles. The molecule has 0 radical (unpaired) electrons. The number of piperazine rings is 1. The molecule has 0 bridgehead atoms. The molecule has 1 aliphatic rings. The fourth-order valence-corrected chi connectivity index (χ4v) is 3.41. The van der Waals surface area contributed by atoms with Gasteiger partial charge in [0.05, 0.1) is 6.10 Å². The van der Waals surface area contributed by atoms with Gasteiger partial charge < -0.3 is 4.74 Å². The molecule has 1 fully saturated rings. The molecule has 1 aliphatic heterocycles. The number of hydrogen-bond acceptors (Lipinski definition) is 3. The largest absolute Gasteiger partial charge is 0.375 e. The first-order valence-corrected chi connectivity index (χ1v) is 8.90. The molecule has 0 aromatic heterocycles. The van der Waals surface area contributed by atoms with E-state index in [1.54, 1.807) is 7.11 Å². The molecule has 2 aromatic rings. The second-order valence-electron chi connectivity index (χ2n) is 6.30. The van der Waals surface area contributed by atoms with Crippen LogP contribution in [0.25, 0.3) is 0 Å². The van der Waals surface area contributed by atoms with Gasteiger partial charge in [0.25, 0.3) is 0 Å². The summed E-state index contributed by atoms with van der Waals surface area (Å²) in [4.78, 5) is 4.96. The monoisotopic (exact) mass is 344 g/mol. The van der Waals surface area contributed by atoms with E-state index in [2.05, 4.69) is 46.2 Å². The Morgan fingerprint density at radius 2 is 1.54 bits per heavy atom. The maximum atomic E-state index is 6.27. The van der Waals surface area contributed by atoms with Crippen molar-refractivity contribution in [1.29, 1.82) is 0 Å². The molecule has 1 heterocycles. The molecule has 0 aliphatic carbocycles. The molecular weight excluding hydrogens is 320 g/mol. The molecule has 0 amide bonds. The van der Waals surface area contributed by atoms with Gasteiger partial charge in [-0.3, -0.25) is 9.80 Å². The number of rotatable bonds is 6. The lowest BCUT2D eigenvalue weighted by Crippen LogP contribution is -2.47. The minimum absolute atomic E-state index is 0.140. The summed E-state index contributed by atoms with van der Waals surface area (Å²) < 4.78 is 5.70. The van der Waals surface area contributed by atoms with Crippen molar-refractivity contribution in [3.8, 4) is 0 Å². The van der Waals surface area contributed by atoms with Crippen molar-refractivity contribution in [2.75, 3.05) is 39.8 Å². The van der Waals surface area contributed by atoms with Crippen LogP contribution in [-0.4, -0.2) is 49.6 Å². The Morgan fingerprint density at radius 3 is 2.21 bits per heavy atom. The van der Waals surface area contributed by atoms with Crippen LogP contribution < -0.4 is 0 Å². The summed E-state index contributed by atoms with van der Waals surface area (Å²) in [6.07, 6.45) is 0.140. The van der Waals surface area contributed by atoms with Crippen molar-refractivity contribution in [3.05, 3.63) is 70.7 Å². The highest BCUT2D eigenvalue weighted by Crippen LogP contribution is 2.20. The highest BCUT2D eigenvalue weighted by molar-refractivity contribution is 6.31. The summed E-state index contributed by atoms with van der Waals surface area (Å²) in [7, 11) is 1.80. The molecule has 2 aromatic carbocycles. The van der Waals surface area contributed by atoms with E-state index in [1.165, 1.54) is 11.1 Å². The van der Waals surface area contributed by atoms with Crippen molar-refractivity contribution in [2.24, 2.45) is 0 Å². The van der Waals surface area contributed by atoms with E-state index in [4.69, 9.17) is 16.3 Å². The zero-order chi connectivity index (χ0) is 16.8. The smallest absolute Gasteiger partial charge is 0.0947 e. The number of benzene rings is 2. The van der Waals surface area contributed by atoms with Gasteiger partial charge in [-0.1, -0.05) is 60.1 Å². The first kappa shape index (κ1) is 17.4. The number of halogens is 1. The lowest BCUT2D eigenvalue weighted by atomic mass is 10.1. The Labute approximate surface area is 149 Å². The van der Waals surface area contributed by atoms with Crippen molar-refractivity contribution >= 4 is 11.6 Å². The molecule has 0 saturated carbocycles. The van der Waals surface area contributed by atoms with Gasteiger partial charge in [-0.25, -0.2) is 0 Å². The average molecular weight is 345 g/mol. The van der Waals surface area contributed by atoms with Crippen LogP contribution in [0.5, 0.6) is 0 Å². The molecule has 0 N–H and O–H groups in total. The maximum Gasteiger partial charge on any atom is 0.0947 e. The summed E-state index contributed by atoms with van der Waals surface area (Å²) in [6.45, 7) is 6.14. The van der Waals surface area contributed by atoms with Crippen LogP contribution in [0.4, 0.5) is 0 Å². The third-order valence-electron chi connectivity index (χ3n) is 4.70. The molecule has 1 atom stereocenters. The quantitative estimate of drug-likeness (QED) is 0.791. The SMILES string of the molecule is COC(CN1CCN(Cc2ccccc2Cl)CC1)c1ccccc1. The minimum Gasteiger partial charge on any atom is -0.375 e. The second-order valence-corrected chi connectivity index (χ2v) is 6.71. The molecule has 1 unspecified atom stereocenters. The first-order chi connectivity index (χ1) is 11.8. The van der Waals surface area contributed by atoms with Gasteiger partial charge in [0, 0.05) is 51.4 Å². The highest BCUT2D eigenvalue weighted by Gasteiger charge is 2.21. The lowest BCUT2D eigenvalue weighted by Gasteiger charge is -2.36. The van der Waals surface area contributed by atoms with E-state index in [0.29, 0.717) is 0 Å². The first-order valence-electron chi connectivity index (χ1n) is 8.52. The molecule has 3 nitrogen and oxygen atoms in total. The standard InChI is InChI=1S/C20H25ClN2O/c1-24-20(17-7-3-2-4-8-17)16-23-13-11-22(12-14-23)15-18-9-5-6-10-19(18)21/h2-10,20H,11-16H2,1H3. The Kier molecular flexibility index (Phi) is 6.27. The van der Waals surface area contributed by atoms with Crippen molar-refractivity contribution in [2.45, 2.75) is 12.6 Å². The average Bonchev–Trinajstić information content (AvgIpc) is 2.64. The van der Waals surface area contributed by atoms with Crippen LogP contribution in [0.3, 0.4) is 0 Å². The van der Waals surface area contributed by atoms with Gasteiger partial charge in [-0.05, 0) is 17.2 Å². The van der Waals surface area contributed by atoms with Crippen molar-refractivity contribution in [1.82, 2.24) is 9.80 Å². The van der Waals surface area contributed by atoms with Crippen LogP contribution in [0.2, 0.25) is 5.02 Å². The third-order valence-corrected chi connectivity index (χ3v) is 5.07. The predicted molar refractivity (Wildman–Crippen MR) is 99.4 cm³/mol. The Balaban J connectivity index is 1.51. The summed E-state index contributed by atoms with van der Waals surface area (Å²) in [5, 5.41) is 0.864. The van der Waals surface area contributed by atoms with Crippen LogP contribution in [0, 0.1) is 0 Å². The molecule has 24 heavy (non-hydrogen) atoms. The molecule has 128 valence electrons. The van der Waals surface area contributed by atoms with Crippen LogP contribution >= 0.6 is 11.6 Å². The molecule has 3 rings (SSSR count). The molecular formula is C20H25ClN2O. The van der Waals surface area contributed by atoms with Gasteiger partial charge in [0.2, 0.25) is 0 Å². The van der Waals surface area contributed by atoms with E-state index in [9.17, 15) is 0 Å². The normalized spacial score (nSPS) is 17.8. The van der Waals surface area contributed by atoms with E-state index in [1.807, 2.05) is 18.2 Å². The number of nitrogens with zero attached hydrogens (tertiary/aromatic N) is 2. The number of hydrogen-bond donors (Lipinski definition) is 0. The van der Waals surface area contributed by atoms with E-state index < -0.39 is 0 Å². The fourth-order valence-electron chi connectivity index (χ4n) is 3.22. The van der Waals surface area contributed by atoms with Crippen molar-refractivity contribution < 1.29 is 4.74 Å². The maximum absolute atomic E-state index is 6.27. The Bertz CT molecular complexity index is 627. The van der Waals surface area contributed by atoms with Gasteiger partial charge in [-0.2, -0.15) is 0 Å². The van der Waals surface area contributed by atoms with Crippen LogP contribution in [0.15, 0.2) is 54.6 Å². The van der Waals surface area contributed by atoms with Crippen LogP contribution in [-0.2, 0) is 11.3 Å². The number of ether oxygens (including phenoxy) is 1. The molecule has 0 spiro atoms. The van der Waals surface area contributed by atoms with Gasteiger partial charge in [0.1, 0.15) is 0 Å². The second kappa shape index (κ2) is 8.63. The third kappa shape index (κ3) is 4.58. The summed E-state index contributed by atoms with van der Waals surface area (Å²) in [5.74, 6) is 0. The van der Waals surface area contributed by atoms with Gasteiger partial charge in [0.15, 0.2) is 0 Å².